The summed E-state index contributed by atoms with van der Waals surface area (Å²) < 4.78 is 0.975. The van der Waals surface area contributed by atoms with Crippen molar-refractivity contribution in [3.8, 4) is 5.75 Å². The van der Waals surface area contributed by atoms with Gasteiger partial charge in [-0.05, 0) is 55.0 Å². The lowest BCUT2D eigenvalue weighted by molar-refractivity contribution is 0.102. The summed E-state index contributed by atoms with van der Waals surface area (Å²) >= 11 is 3.37. The average molecular weight is 306 g/mol. The standard InChI is InChI=1S/C14H12BrNO2/c1-9-8-11(15)4-7-13(9)16-14(18)10-2-5-12(17)6-3-10/h2-8,17H,1H3,(H,16,18). The number of hydrogen-bond acceptors (Lipinski definition) is 2. The third-order valence-corrected chi connectivity index (χ3v) is 3.06. The molecule has 2 N–H and O–H groups in total. The van der Waals surface area contributed by atoms with Crippen LogP contribution >= 0.6 is 15.9 Å². The number of carbonyl (C=O) groups excluding carboxylic acids is 1. The van der Waals surface area contributed by atoms with Crippen LogP contribution in [0.15, 0.2) is 46.9 Å². The van der Waals surface area contributed by atoms with Gasteiger partial charge in [-0.25, -0.2) is 0 Å². The number of anilines is 1. The lowest BCUT2D eigenvalue weighted by Crippen LogP contribution is -2.12. The molecule has 92 valence electrons. The number of aryl methyl sites for hydroxylation is 1. The lowest BCUT2D eigenvalue weighted by Gasteiger charge is -2.08. The monoisotopic (exact) mass is 305 g/mol. The Morgan fingerprint density at radius 2 is 1.83 bits per heavy atom. The molecule has 0 aliphatic carbocycles. The normalized spacial score (nSPS) is 10.1. The van der Waals surface area contributed by atoms with Gasteiger partial charge in [-0.2, -0.15) is 0 Å². The Labute approximate surface area is 114 Å². The van der Waals surface area contributed by atoms with Crippen LogP contribution in [0, 0.1) is 6.92 Å². The Bertz CT molecular complexity index is 579. The van der Waals surface area contributed by atoms with Crippen molar-refractivity contribution in [1.29, 1.82) is 0 Å². The summed E-state index contributed by atoms with van der Waals surface area (Å²) in [5, 5.41) is 12.0. The van der Waals surface area contributed by atoms with E-state index in [1.165, 1.54) is 12.1 Å². The number of rotatable bonds is 2. The molecule has 0 heterocycles. The highest BCUT2D eigenvalue weighted by Crippen LogP contribution is 2.21. The minimum atomic E-state index is -0.194. The number of nitrogens with one attached hydrogen (secondary N) is 1. The van der Waals surface area contributed by atoms with E-state index >= 15 is 0 Å². The Kier molecular flexibility index (Phi) is 3.67. The Morgan fingerprint density at radius 3 is 2.44 bits per heavy atom. The first-order chi connectivity index (χ1) is 8.56. The second-order valence-electron chi connectivity index (χ2n) is 3.96. The third kappa shape index (κ3) is 2.90. The van der Waals surface area contributed by atoms with Gasteiger partial charge in [-0.1, -0.05) is 15.9 Å². The SMILES string of the molecule is Cc1cc(Br)ccc1NC(=O)c1ccc(O)cc1. The predicted octanol–water partition coefficient (Wildman–Crippen LogP) is 3.72. The van der Waals surface area contributed by atoms with Crippen LogP contribution in [0.2, 0.25) is 0 Å². The van der Waals surface area contributed by atoms with Crippen LogP contribution in [0.3, 0.4) is 0 Å². The van der Waals surface area contributed by atoms with Gasteiger partial charge in [0.1, 0.15) is 5.75 Å². The molecule has 0 bridgehead atoms. The second kappa shape index (κ2) is 5.23. The Hall–Kier alpha value is -1.81. The van der Waals surface area contributed by atoms with Crippen LogP contribution in [0.4, 0.5) is 5.69 Å². The maximum absolute atomic E-state index is 12.0. The Balaban J connectivity index is 2.18. The van der Waals surface area contributed by atoms with Crippen LogP contribution in [0.1, 0.15) is 15.9 Å². The number of amides is 1. The van der Waals surface area contributed by atoms with Gasteiger partial charge in [0, 0.05) is 15.7 Å². The molecule has 2 aromatic rings. The molecular formula is C14H12BrNO2. The molecular weight excluding hydrogens is 294 g/mol. The summed E-state index contributed by atoms with van der Waals surface area (Å²) in [6.07, 6.45) is 0. The minimum Gasteiger partial charge on any atom is -0.508 e. The number of phenols is 1. The van der Waals surface area contributed by atoms with Crippen LogP contribution < -0.4 is 5.32 Å². The van der Waals surface area contributed by atoms with E-state index in [1.807, 2.05) is 25.1 Å². The van der Waals surface area contributed by atoms with Gasteiger partial charge in [0.25, 0.3) is 5.91 Å². The zero-order chi connectivity index (χ0) is 13.1. The van der Waals surface area contributed by atoms with Gasteiger partial charge in [-0.3, -0.25) is 4.79 Å². The van der Waals surface area contributed by atoms with Crippen molar-refractivity contribution < 1.29 is 9.90 Å². The molecule has 3 nitrogen and oxygen atoms in total. The molecule has 0 saturated heterocycles. The maximum Gasteiger partial charge on any atom is 0.255 e. The number of halogens is 1. The third-order valence-electron chi connectivity index (χ3n) is 2.57. The van der Waals surface area contributed by atoms with Crippen molar-refractivity contribution in [3.05, 3.63) is 58.1 Å². The van der Waals surface area contributed by atoms with Gasteiger partial charge in [0.15, 0.2) is 0 Å². The molecule has 2 aromatic carbocycles. The topological polar surface area (TPSA) is 49.3 Å². The van der Waals surface area contributed by atoms with E-state index in [9.17, 15) is 4.79 Å². The van der Waals surface area contributed by atoms with Crippen molar-refractivity contribution in [3.63, 3.8) is 0 Å². The second-order valence-corrected chi connectivity index (χ2v) is 4.88. The van der Waals surface area contributed by atoms with E-state index in [0.717, 1.165) is 15.7 Å². The van der Waals surface area contributed by atoms with Crippen LogP contribution in [-0.2, 0) is 0 Å². The molecule has 0 unspecified atom stereocenters. The van der Waals surface area contributed by atoms with E-state index in [4.69, 9.17) is 5.11 Å². The van der Waals surface area contributed by atoms with Crippen molar-refractivity contribution in [2.24, 2.45) is 0 Å². The largest absolute Gasteiger partial charge is 0.508 e. The number of benzene rings is 2. The minimum absolute atomic E-state index is 0.145. The molecule has 2 rings (SSSR count). The van der Waals surface area contributed by atoms with Crippen molar-refractivity contribution >= 4 is 27.5 Å². The average Bonchev–Trinajstić information content (AvgIpc) is 2.33. The fourth-order valence-electron chi connectivity index (χ4n) is 1.57. The number of carbonyl (C=O) groups is 1. The van der Waals surface area contributed by atoms with Gasteiger partial charge in [0.2, 0.25) is 0 Å². The first kappa shape index (κ1) is 12.6. The van der Waals surface area contributed by atoms with Crippen molar-refractivity contribution in [2.45, 2.75) is 6.92 Å². The van der Waals surface area contributed by atoms with Crippen molar-refractivity contribution in [2.75, 3.05) is 5.32 Å². The summed E-state index contributed by atoms with van der Waals surface area (Å²) in [6, 6.07) is 11.8. The first-order valence-corrected chi connectivity index (χ1v) is 6.22. The van der Waals surface area contributed by atoms with E-state index in [2.05, 4.69) is 21.2 Å². The molecule has 0 atom stereocenters. The molecule has 0 aromatic heterocycles. The highest BCUT2D eigenvalue weighted by molar-refractivity contribution is 9.10. The molecule has 4 heteroatoms. The van der Waals surface area contributed by atoms with Crippen molar-refractivity contribution in [1.82, 2.24) is 0 Å². The molecule has 0 aliphatic heterocycles. The maximum atomic E-state index is 12.0. The summed E-state index contributed by atoms with van der Waals surface area (Å²) in [6.45, 7) is 1.93. The van der Waals surface area contributed by atoms with Gasteiger partial charge in [-0.15, -0.1) is 0 Å². The highest BCUT2D eigenvalue weighted by atomic mass is 79.9. The van der Waals surface area contributed by atoms with E-state index < -0.39 is 0 Å². The molecule has 0 spiro atoms. The summed E-state index contributed by atoms with van der Waals surface area (Å²) in [7, 11) is 0. The fraction of sp³-hybridized carbons (Fsp3) is 0.0714. The molecule has 0 aliphatic rings. The fourth-order valence-corrected chi connectivity index (χ4v) is 2.05. The Morgan fingerprint density at radius 1 is 1.17 bits per heavy atom. The molecule has 0 radical (unpaired) electrons. The molecule has 0 saturated carbocycles. The molecule has 1 amide bonds. The number of phenolic OH excluding ortho intramolecular Hbond substituents is 1. The quantitative estimate of drug-likeness (QED) is 0.888. The summed E-state index contributed by atoms with van der Waals surface area (Å²) in [5.41, 5.74) is 2.27. The van der Waals surface area contributed by atoms with E-state index in [1.54, 1.807) is 12.1 Å². The first-order valence-electron chi connectivity index (χ1n) is 5.43. The van der Waals surface area contributed by atoms with Crippen LogP contribution in [0.5, 0.6) is 5.75 Å². The van der Waals surface area contributed by atoms with Gasteiger partial charge < -0.3 is 10.4 Å². The molecule has 18 heavy (non-hydrogen) atoms. The number of aromatic hydroxyl groups is 1. The summed E-state index contributed by atoms with van der Waals surface area (Å²) in [4.78, 5) is 12.0. The predicted molar refractivity (Wildman–Crippen MR) is 74.9 cm³/mol. The number of hydrogen-bond donors (Lipinski definition) is 2. The van der Waals surface area contributed by atoms with Gasteiger partial charge >= 0.3 is 0 Å². The van der Waals surface area contributed by atoms with Gasteiger partial charge in [0.05, 0.1) is 0 Å². The smallest absolute Gasteiger partial charge is 0.255 e. The highest BCUT2D eigenvalue weighted by Gasteiger charge is 2.07. The van der Waals surface area contributed by atoms with E-state index in [-0.39, 0.29) is 11.7 Å². The van der Waals surface area contributed by atoms with Crippen LogP contribution in [-0.4, -0.2) is 11.0 Å². The van der Waals surface area contributed by atoms with Crippen LogP contribution in [0.25, 0.3) is 0 Å². The summed E-state index contributed by atoms with van der Waals surface area (Å²) in [5.74, 6) is -0.0493. The molecule has 0 fully saturated rings. The lowest BCUT2D eigenvalue weighted by atomic mass is 10.1. The zero-order valence-corrected chi connectivity index (χ0v) is 11.4. The zero-order valence-electron chi connectivity index (χ0n) is 9.77. The van der Waals surface area contributed by atoms with E-state index in [0.29, 0.717) is 5.56 Å².